The molecule has 0 saturated heterocycles. The molecule has 1 amide bonds. The third-order valence-corrected chi connectivity index (χ3v) is 2.87. The number of nitrogens with zero attached hydrogens (tertiary/aromatic N) is 1. The molecule has 106 valence electrons. The normalized spacial score (nSPS) is 9.95. The fourth-order valence-corrected chi connectivity index (χ4v) is 1.93. The van der Waals surface area contributed by atoms with Crippen LogP contribution in [0, 0.1) is 10.1 Å². The van der Waals surface area contributed by atoms with Gasteiger partial charge in [0.05, 0.1) is 4.92 Å². The summed E-state index contributed by atoms with van der Waals surface area (Å²) in [4.78, 5) is 34.4. The van der Waals surface area contributed by atoms with E-state index in [0.717, 1.165) is 0 Å². The van der Waals surface area contributed by atoms with Gasteiger partial charge in [-0.15, -0.1) is 0 Å². The summed E-state index contributed by atoms with van der Waals surface area (Å²) >= 11 is 0. The fraction of sp³-hybridized carbons (Fsp3) is 0. The van der Waals surface area contributed by atoms with Gasteiger partial charge in [0.25, 0.3) is 11.6 Å². The first-order valence-corrected chi connectivity index (χ1v) is 5.94. The summed E-state index contributed by atoms with van der Waals surface area (Å²) in [6, 6.07) is 12.1. The number of nitrogens with one attached hydrogen (secondary N) is 1. The molecule has 0 unspecified atom stereocenters. The summed E-state index contributed by atoms with van der Waals surface area (Å²) < 4.78 is 0. The lowest BCUT2D eigenvalue weighted by Gasteiger charge is -2.06. The molecule has 0 heterocycles. The number of nitro benzene ring substituents is 1. The van der Waals surface area contributed by atoms with Crippen molar-refractivity contribution in [2.75, 3.05) is 0 Å². The molecule has 7 heteroatoms. The van der Waals surface area contributed by atoms with Crippen LogP contribution >= 0.6 is 0 Å². The van der Waals surface area contributed by atoms with Gasteiger partial charge in [-0.05, 0) is 12.1 Å². The van der Waals surface area contributed by atoms with Crippen LogP contribution in [-0.4, -0.2) is 16.6 Å². The predicted molar refractivity (Wildman–Crippen MR) is 74.6 cm³/mol. The van der Waals surface area contributed by atoms with Gasteiger partial charge in [0.2, 0.25) is 0 Å². The highest BCUT2D eigenvalue weighted by Gasteiger charge is 2.28. The monoisotopic (exact) mass is 285 g/mol. The molecule has 0 spiro atoms. The second-order valence-corrected chi connectivity index (χ2v) is 4.13. The quantitative estimate of drug-likeness (QED) is 0.290. The van der Waals surface area contributed by atoms with Crippen molar-refractivity contribution in [3.63, 3.8) is 0 Å². The molecule has 0 atom stereocenters. The second-order valence-electron chi connectivity index (χ2n) is 4.13. The number of nitrogen functional groups attached to an aromatic ring is 1. The maximum absolute atomic E-state index is 12.4. The second kappa shape index (κ2) is 5.93. The Morgan fingerprint density at radius 3 is 2.19 bits per heavy atom. The van der Waals surface area contributed by atoms with Crippen LogP contribution in [0.5, 0.6) is 0 Å². The molecule has 7 nitrogen and oxygen atoms in total. The number of hydrazine groups is 1. The lowest BCUT2D eigenvalue weighted by atomic mass is 9.98. The number of amides is 1. The average Bonchev–Trinajstić information content (AvgIpc) is 2.53. The van der Waals surface area contributed by atoms with E-state index >= 15 is 0 Å². The van der Waals surface area contributed by atoms with Crippen molar-refractivity contribution < 1.29 is 14.5 Å². The van der Waals surface area contributed by atoms with Gasteiger partial charge in [-0.25, -0.2) is 5.84 Å². The lowest BCUT2D eigenvalue weighted by molar-refractivity contribution is -0.385. The number of rotatable bonds is 4. The van der Waals surface area contributed by atoms with E-state index in [1.807, 2.05) is 5.43 Å². The third-order valence-electron chi connectivity index (χ3n) is 2.87. The Balaban J connectivity index is 2.62. The Morgan fingerprint density at radius 1 is 1.00 bits per heavy atom. The minimum Gasteiger partial charge on any atom is -0.290 e. The van der Waals surface area contributed by atoms with E-state index in [0.29, 0.717) is 5.56 Å². The molecular formula is C14H11N3O4. The molecule has 0 radical (unpaired) electrons. The zero-order chi connectivity index (χ0) is 15.4. The number of nitrogens with two attached hydrogens (primary N) is 1. The Hall–Kier alpha value is -3.06. The zero-order valence-corrected chi connectivity index (χ0v) is 10.8. The molecule has 0 aliphatic heterocycles. The molecule has 0 bridgehead atoms. The summed E-state index contributed by atoms with van der Waals surface area (Å²) in [6.07, 6.45) is 0. The first-order valence-electron chi connectivity index (χ1n) is 5.94. The van der Waals surface area contributed by atoms with Crippen LogP contribution in [0.3, 0.4) is 0 Å². The van der Waals surface area contributed by atoms with Crippen molar-refractivity contribution in [1.82, 2.24) is 5.43 Å². The van der Waals surface area contributed by atoms with Crippen LogP contribution < -0.4 is 11.3 Å². The van der Waals surface area contributed by atoms with Crippen molar-refractivity contribution in [3.05, 3.63) is 75.3 Å². The van der Waals surface area contributed by atoms with E-state index in [1.54, 1.807) is 30.3 Å². The van der Waals surface area contributed by atoms with Crippen molar-refractivity contribution in [2.45, 2.75) is 0 Å². The van der Waals surface area contributed by atoms with E-state index in [9.17, 15) is 19.7 Å². The van der Waals surface area contributed by atoms with E-state index in [-0.39, 0.29) is 11.1 Å². The Bertz CT molecular complexity index is 713. The maximum atomic E-state index is 12.4. The summed E-state index contributed by atoms with van der Waals surface area (Å²) in [5.41, 5.74) is 1.14. The first-order chi connectivity index (χ1) is 10.1. The summed E-state index contributed by atoms with van der Waals surface area (Å²) in [5.74, 6) is 3.64. The van der Waals surface area contributed by atoms with Gasteiger partial charge in [0.15, 0.2) is 5.78 Å². The molecule has 0 aromatic heterocycles. The minimum absolute atomic E-state index is 0.160. The van der Waals surface area contributed by atoms with Gasteiger partial charge in [0, 0.05) is 5.56 Å². The number of hydrogen-bond acceptors (Lipinski definition) is 5. The molecule has 2 aromatic carbocycles. The SMILES string of the molecule is NNC(=O)c1cccc(C(=O)c2ccccc2)c1[N+](=O)[O-]. The number of hydrogen-bond donors (Lipinski definition) is 2. The van der Waals surface area contributed by atoms with Crippen LogP contribution in [0.15, 0.2) is 48.5 Å². The van der Waals surface area contributed by atoms with Gasteiger partial charge in [0.1, 0.15) is 11.1 Å². The fourth-order valence-electron chi connectivity index (χ4n) is 1.93. The predicted octanol–water partition coefficient (Wildman–Crippen LogP) is 1.43. The molecule has 21 heavy (non-hydrogen) atoms. The minimum atomic E-state index is -0.829. The highest BCUT2D eigenvalue weighted by Crippen LogP contribution is 2.26. The number of carbonyl (C=O) groups excluding carboxylic acids is 2. The topological polar surface area (TPSA) is 115 Å². The number of benzene rings is 2. The average molecular weight is 285 g/mol. The number of ketones is 1. The van der Waals surface area contributed by atoms with E-state index in [2.05, 4.69) is 0 Å². The van der Waals surface area contributed by atoms with Gasteiger partial charge >= 0.3 is 0 Å². The van der Waals surface area contributed by atoms with Crippen LogP contribution in [-0.2, 0) is 0 Å². The lowest BCUT2D eigenvalue weighted by Crippen LogP contribution is -2.30. The Labute approximate surface area is 119 Å². The van der Waals surface area contributed by atoms with E-state index in [4.69, 9.17) is 5.84 Å². The van der Waals surface area contributed by atoms with Crippen LogP contribution in [0.4, 0.5) is 5.69 Å². The molecule has 0 aliphatic rings. The molecule has 0 aliphatic carbocycles. The first kappa shape index (κ1) is 14.4. The van der Waals surface area contributed by atoms with Crippen LogP contribution in [0.1, 0.15) is 26.3 Å². The molecule has 3 N–H and O–H groups in total. The standard InChI is InChI=1S/C14H11N3O4/c15-16-14(19)11-8-4-7-10(12(11)17(20)21)13(18)9-5-2-1-3-6-9/h1-8H,15H2,(H,16,19). The number of para-hydroxylation sites is 1. The van der Waals surface area contributed by atoms with Gasteiger partial charge in [-0.2, -0.15) is 0 Å². The maximum Gasteiger partial charge on any atom is 0.293 e. The van der Waals surface area contributed by atoms with Gasteiger partial charge in [-0.3, -0.25) is 25.1 Å². The van der Waals surface area contributed by atoms with Crippen molar-refractivity contribution in [3.8, 4) is 0 Å². The van der Waals surface area contributed by atoms with E-state index in [1.165, 1.54) is 18.2 Å². The third kappa shape index (κ3) is 2.77. The van der Waals surface area contributed by atoms with Gasteiger partial charge in [-0.1, -0.05) is 36.4 Å². The summed E-state index contributed by atoms with van der Waals surface area (Å²) in [5, 5.41) is 11.2. The molecule has 0 fully saturated rings. The van der Waals surface area contributed by atoms with Crippen LogP contribution in [0.2, 0.25) is 0 Å². The highest BCUT2D eigenvalue weighted by atomic mass is 16.6. The molecule has 2 aromatic rings. The van der Waals surface area contributed by atoms with Crippen molar-refractivity contribution in [2.24, 2.45) is 5.84 Å². The molecule has 0 saturated carbocycles. The largest absolute Gasteiger partial charge is 0.293 e. The smallest absolute Gasteiger partial charge is 0.290 e. The zero-order valence-electron chi connectivity index (χ0n) is 10.8. The highest BCUT2D eigenvalue weighted by molar-refractivity contribution is 6.14. The van der Waals surface area contributed by atoms with E-state index < -0.39 is 22.3 Å². The summed E-state index contributed by atoms with van der Waals surface area (Å²) in [6.45, 7) is 0. The Kier molecular flexibility index (Phi) is 4.05. The number of nitro groups is 1. The number of carbonyl (C=O) groups is 2. The molecular weight excluding hydrogens is 274 g/mol. The summed E-state index contributed by atoms with van der Waals surface area (Å²) in [7, 11) is 0. The van der Waals surface area contributed by atoms with Crippen LogP contribution in [0.25, 0.3) is 0 Å². The Morgan fingerprint density at radius 2 is 1.62 bits per heavy atom. The van der Waals surface area contributed by atoms with Crippen molar-refractivity contribution in [1.29, 1.82) is 0 Å². The molecule has 2 rings (SSSR count). The van der Waals surface area contributed by atoms with Gasteiger partial charge < -0.3 is 0 Å². The van der Waals surface area contributed by atoms with Crippen molar-refractivity contribution >= 4 is 17.4 Å².